The molecule has 0 unspecified atom stereocenters. The van der Waals surface area contributed by atoms with Crippen molar-refractivity contribution in [1.82, 2.24) is 5.32 Å². The molecule has 0 saturated heterocycles. The molecule has 0 saturated carbocycles. The fourth-order valence-corrected chi connectivity index (χ4v) is 2.18. The first-order valence-corrected chi connectivity index (χ1v) is 6.13. The molecule has 2 rings (SSSR count). The molecule has 0 aromatic heterocycles. The molecule has 1 aromatic rings. The summed E-state index contributed by atoms with van der Waals surface area (Å²) in [5.74, 6) is -0.186. The summed E-state index contributed by atoms with van der Waals surface area (Å²) in [6.07, 6.45) is 0.667. The second kappa shape index (κ2) is 5.21. The molecule has 0 bridgehead atoms. The molecule has 0 aliphatic carbocycles. The van der Waals surface area contributed by atoms with Gasteiger partial charge in [-0.2, -0.15) is 0 Å². The maximum atomic E-state index is 11.5. The predicted octanol–water partition coefficient (Wildman–Crippen LogP) is 1.27. The van der Waals surface area contributed by atoms with Crippen molar-refractivity contribution in [3.63, 3.8) is 0 Å². The van der Waals surface area contributed by atoms with Gasteiger partial charge in [0.15, 0.2) is 0 Å². The number of ether oxygens (including phenoxy) is 1. The van der Waals surface area contributed by atoms with Crippen LogP contribution >= 0.6 is 0 Å². The van der Waals surface area contributed by atoms with E-state index >= 15 is 0 Å². The largest absolute Gasteiger partial charge is 0.466 e. The molecular weight excluding hydrogens is 230 g/mol. The van der Waals surface area contributed by atoms with Crippen LogP contribution in [0.5, 0.6) is 0 Å². The van der Waals surface area contributed by atoms with Crippen molar-refractivity contribution in [1.29, 1.82) is 0 Å². The van der Waals surface area contributed by atoms with E-state index in [1.807, 2.05) is 19.1 Å². The molecule has 4 heteroatoms. The van der Waals surface area contributed by atoms with Gasteiger partial charge in [0.2, 0.25) is 5.91 Å². The number of esters is 1. The Kier molecular flexibility index (Phi) is 3.65. The van der Waals surface area contributed by atoms with Crippen LogP contribution in [-0.4, -0.2) is 18.5 Å². The first-order chi connectivity index (χ1) is 8.60. The first kappa shape index (κ1) is 12.6. The minimum Gasteiger partial charge on any atom is -0.466 e. The van der Waals surface area contributed by atoms with E-state index < -0.39 is 0 Å². The third kappa shape index (κ3) is 2.70. The van der Waals surface area contributed by atoms with Crippen molar-refractivity contribution in [3.05, 3.63) is 34.4 Å². The number of carbonyl (C=O) groups is 2. The normalized spacial score (nSPS) is 13.8. The number of nitrogens with one attached hydrogen (secondary N) is 1. The lowest BCUT2D eigenvalue weighted by atomic mass is 9.93. The highest BCUT2D eigenvalue weighted by Crippen LogP contribution is 2.20. The molecule has 1 aliphatic rings. The summed E-state index contributed by atoms with van der Waals surface area (Å²) >= 11 is 0. The van der Waals surface area contributed by atoms with Crippen LogP contribution in [0.4, 0.5) is 0 Å². The molecule has 1 N–H and O–H groups in total. The molecule has 18 heavy (non-hydrogen) atoms. The Morgan fingerprint density at radius 3 is 2.89 bits per heavy atom. The van der Waals surface area contributed by atoms with Gasteiger partial charge in [0.05, 0.1) is 19.4 Å². The van der Waals surface area contributed by atoms with E-state index in [9.17, 15) is 9.59 Å². The number of carbonyl (C=O) groups excluding carboxylic acids is 2. The van der Waals surface area contributed by atoms with Gasteiger partial charge < -0.3 is 10.1 Å². The Bertz CT molecular complexity index is 494. The van der Waals surface area contributed by atoms with Gasteiger partial charge in [-0.3, -0.25) is 9.59 Å². The zero-order chi connectivity index (χ0) is 13.1. The van der Waals surface area contributed by atoms with E-state index in [-0.39, 0.29) is 18.3 Å². The Balaban J connectivity index is 2.24. The fourth-order valence-electron chi connectivity index (χ4n) is 2.18. The van der Waals surface area contributed by atoms with E-state index in [1.165, 1.54) is 0 Å². The molecule has 96 valence electrons. The second-order valence-corrected chi connectivity index (χ2v) is 4.48. The van der Waals surface area contributed by atoms with Crippen molar-refractivity contribution < 1.29 is 14.3 Å². The summed E-state index contributed by atoms with van der Waals surface area (Å²) < 4.78 is 4.95. The highest BCUT2D eigenvalue weighted by molar-refractivity contribution is 5.81. The lowest BCUT2D eigenvalue weighted by Crippen LogP contribution is -2.30. The van der Waals surface area contributed by atoms with Gasteiger partial charge in [0, 0.05) is 6.54 Å². The van der Waals surface area contributed by atoms with Gasteiger partial charge in [0.1, 0.15) is 0 Å². The average Bonchev–Trinajstić information content (AvgIpc) is 2.31. The van der Waals surface area contributed by atoms with Crippen LogP contribution in [0.15, 0.2) is 12.1 Å². The van der Waals surface area contributed by atoms with Gasteiger partial charge in [-0.1, -0.05) is 12.1 Å². The molecule has 0 fully saturated rings. The zero-order valence-electron chi connectivity index (χ0n) is 10.7. The maximum Gasteiger partial charge on any atom is 0.310 e. The maximum absolute atomic E-state index is 11.5. The third-order valence-corrected chi connectivity index (χ3v) is 3.13. The summed E-state index contributed by atoms with van der Waals surface area (Å²) in [7, 11) is 0. The van der Waals surface area contributed by atoms with Crippen molar-refractivity contribution in [3.8, 4) is 0 Å². The smallest absolute Gasteiger partial charge is 0.310 e. The predicted molar refractivity (Wildman–Crippen MR) is 67.1 cm³/mol. The Labute approximate surface area is 106 Å². The van der Waals surface area contributed by atoms with E-state index in [2.05, 4.69) is 5.32 Å². The minimum atomic E-state index is -0.221. The van der Waals surface area contributed by atoms with Crippen molar-refractivity contribution in [2.24, 2.45) is 0 Å². The molecule has 1 amide bonds. The summed E-state index contributed by atoms with van der Waals surface area (Å²) in [6.45, 7) is 4.74. The number of hydrogen-bond acceptors (Lipinski definition) is 3. The summed E-state index contributed by atoms with van der Waals surface area (Å²) in [6, 6.07) is 4.00. The monoisotopic (exact) mass is 247 g/mol. The summed E-state index contributed by atoms with van der Waals surface area (Å²) in [5.41, 5.74) is 4.17. The van der Waals surface area contributed by atoms with E-state index in [0.717, 1.165) is 22.3 Å². The summed E-state index contributed by atoms with van der Waals surface area (Å²) in [5, 5.41) is 2.82. The lowest BCUT2D eigenvalue weighted by Gasteiger charge is -2.19. The molecule has 4 nitrogen and oxygen atoms in total. The molecule has 1 aromatic carbocycles. The van der Waals surface area contributed by atoms with Crippen LogP contribution in [0.2, 0.25) is 0 Å². The van der Waals surface area contributed by atoms with Gasteiger partial charge in [-0.25, -0.2) is 0 Å². The molecular formula is C14H17NO3. The number of benzene rings is 1. The van der Waals surface area contributed by atoms with Crippen LogP contribution in [0.25, 0.3) is 0 Å². The number of rotatable bonds is 3. The van der Waals surface area contributed by atoms with E-state index in [4.69, 9.17) is 4.74 Å². The summed E-state index contributed by atoms with van der Waals surface area (Å²) in [4.78, 5) is 22.8. The fraction of sp³-hybridized carbons (Fsp3) is 0.429. The topological polar surface area (TPSA) is 55.4 Å². The minimum absolute atomic E-state index is 0.0356. The van der Waals surface area contributed by atoms with Gasteiger partial charge in [-0.15, -0.1) is 0 Å². The van der Waals surface area contributed by atoms with Crippen LogP contribution in [0.1, 0.15) is 29.2 Å². The van der Waals surface area contributed by atoms with Crippen LogP contribution in [-0.2, 0) is 33.7 Å². The van der Waals surface area contributed by atoms with Crippen LogP contribution in [0, 0.1) is 6.92 Å². The van der Waals surface area contributed by atoms with Crippen LogP contribution < -0.4 is 5.32 Å². The molecule has 0 spiro atoms. The highest BCUT2D eigenvalue weighted by Gasteiger charge is 2.17. The number of amides is 1. The van der Waals surface area contributed by atoms with Crippen molar-refractivity contribution in [2.75, 3.05) is 6.61 Å². The number of hydrogen-bond donors (Lipinski definition) is 1. The molecule has 0 radical (unpaired) electrons. The van der Waals surface area contributed by atoms with Gasteiger partial charge in [0.25, 0.3) is 0 Å². The Morgan fingerprint density at radius 2 is 2.17 bits per heavy atom. The SMILES string of the molecule is CCOC(=O)Cc1cc2c(cc1C)CNC(=O)C2. The highest BCUT2D eigenvalue weighted by atomic mass is 16.5. The van der Waals surface area contributed by atoms with Crippen molar-refractivity contribution >= 4 is 11.9 Å². The first-order valence-electron chi connectivity index (χ1n) is 6.13. The Morgan fingerprint density at radius 1 is 1.39 bits per heavy atom. The molecule has 0 atom stereocenters. The van der Waals surface area contributed by atoms with E-state index in [0.29, 0.717) is 19.6 Å². The third-order valence-electron chi connectivity index (χ3n) is 3.13. The van der Waals surface area contributed by atoms with Gasteiger partial charge in [-0.05, 0) is 36.1 Å². The zero-order valence-corrected chi connectivity index (χ0v) is 10.7. The van der Waals surface area contributed by atoms with E-state index in [1.54, 1.807) is 6.92 Å². The van der Waals surface area contributed by atoms with Crippen LogP contribution in [0.3, 0.4) is 0 Å². The Hall–Kier alpha value is -1.84. The average molecular weight is 247 g/mol. The second-order valence-electron chi connectivity index (χ2n) is 4.48. The standard InChI is InChI=1S/C14H17NO3/c1-3-18-14(17)7-10-5-11-6-13(16)15-8-12(11)4-9(10)2/h4-5H,3,6-8H2,1-2H3,(H,15,16). The lowest BCUT2D eigenvalue weighted by molar-refractivity contribution is -0.142. The van der Waals surface area contributed by atoms with Gasteiger partial charge >= 0.3 is 5.97 Å². The molecule has 1 heterocycles. The number of aryl methyl sites for hydroxylation is 1. The van der Waals surface area contributed by atoms with Crippen molar-refractivity contribution in [2.45, 2.75) is 33.2 Å². The quantitative estimate of drug-likeness (QED) is 0.818. The molecule has 1 aliphatic heterocycles. The number of fused-ring (bicyclic) bond motifs is 1.